The molecule has 7 heteroatoms. The molecule has 0 spiro atoms. The minimum Gasteiger partial charge on any atom is -0.462 e. The van der Waals surface area contributed by atoms with Gasteiger partial charge in [-0.25, -0.2) is 0 Å². The number of aliphatic hydroxyl groups is 1. The molecule has 0 amide bonds. The number of carbonyl (C=O) groups is 2. The fraction of sp³-hybridized carbons (Fsp3) is 0.943. The van der Waals surface area contributed by atoms with E-state index in [1.165, 1.54) is 103 Å². The Hall–Kier alpha value is -1.18. The molecule has 1 unspecified atom stereocenters. The monoisotopic (exact) mass is 600 g/mol. The van der Waals surface area contributed by atoms with E-state index >= 15 is 0 Å². The summed E-state index contributed by atoms with van der Waals surface area (Å²) in [6, 6.07) is 0. The molecule has 1 N–H and O–H groups in total. The van der Waals surface area contributed by atoms with Crippen LogP contribution in [-0.2, 0) is 28.5 Å². The lowest BCUT2D eigenvalue weighted by atomic mass is 10.1. The maximum absolute atomic E-state index is 12.4. The summed E-state index contributed by atoms with van der Waals surface area (Å²) in [5.41, 5.74) is 0. The summed E-state index contributed by atoms with van der Waals surface area (Å²) in [6.45, 7) is 5.55. The standard InChI is InChI=1S/C35H68O7/c1-3-5-7-9-11-13-15-17-19-21-23-25-34(37)41-32-33(31-40-30-29-39-28-27-36)42-35(38)26-24-22-20-18-16-14-12-10-8-6-4-2/h33,36H,3-32H2,1-2H3. The summed E-state index contributed by atoms with van der Waals surface area (Å²) in [5.74, 6) is -0.513. The molecule has 0 aromatic carbocycles. The van der Waals surface area contributed by atoms with Gasteiger partial charge in [-0.1, -0.05) is 142 Å². The molecule has 250 valence electrons. The van der Waals surface area contributed by atoms with Crippen molar-refractivity contribution in [2.24, 2.45) is 0 Å². The lowest BCUT2D eigenvalue weighted by Crippen LogP contribution is -2.30. The number of aliphatic hydroxyl groups excluding tert-OH is 1. The van der Waals surface area contributed by atoms with Gasteiger partial charge in [-0.3, -0.25) is 9.59 Å². The number of hydrogen-bond acceptors (Lipinski definition) is 7. The smallest absolute Gasteiger partial charge is 0.306 e. The van der Waals surface area contributed by atoms with Crippen LogP contribution in [-0.4, -0.2) is 62.8 Å². The van der Waals surface area contributed by atoms with Crippen LogP contribution in [0.25, 0.3) is 0 Å². The van der Waals surface area contributed by atoms with E-state index in [4.69, 9.17) is 24.1 Å². The van der Waals surface area contributed by atoms with Crippen molar-refractivity contribution in [2.45, 2.75) is 174 Å². The molecule has 0 fully saturated rings. The highest BCUT2D eigenvalue weighted by molar-refractivity contribution is 5.70. The molecule has 0 radical (unpaired) electrons. The molecule has 1 atom stereocenters. The first-order chi connectivity index (χ1) is 20.6. The van der Waals surface area contributed by atoms with Crippen LogP contribution >= 0.6 is 0 Å². The third-order valence-corrected chi connectivity index (χ3v) is 7.61. The first-order valence-electron chi connectivity index (χ1n) is 17.7. The third-order valence-electron chi connectivity index (χ3n) is 7.61. The average Bonchev–Trinajstić information content (AvgIpc) is 2.99. The fourth-order valence-corrected chi connectivity index (χ4v) is 4.99. The summed E-state index contributed by atoms with van der Waals surface area (Å²) in [4.78, 5) is 24.7. The van der Waals surface area contributed by atoms with Crippen LogP contribution in [0.1, 0.15) is 168 Å². The molecule has 0 saturated carbocycles. The summed E-state index contributed by atoms with van der Waals surface area (Å²) in [5, 5.41) is 8.80. The zero-order valence-corrected chi connectivity index (χ0v) is 27.7. The van der Waals surface area contributed by atoms with Gasteiger partial charge in [0.1, 0.15) is 6.61 Å². The molecule has 0 saturated heterocycles. The number of esters is 2. The van der Waals surface area contributed by atoms with E-state index in [0.717, 1.165) is 38.5 Å². The predicted molar refractivity (Wildman–Crippen MR) is 172 cm³/mol. The van der Waals surface area contributed by atoms with Crippen LogP contribution in [0.3, 0.4) is 0 Å². The summed E-state index contributed by atoms with van der Waals surface area (Å²) in [7, 11) is 0. The van der Waals surface area contributed by atoms with Gasteiger partial charge < -0.3 is 24.1 Å². The van der Waals surface area contributed by atoms with Gasteiger partial charge >= 0.3 is 11.9 Å². The van der Waals surface area contributed by atoms with Gasteiger partial charge in [-0.05, 0) is 12.8 Å². The molecule has 0 rings (SSSR count). The Bertz CT molecular complexity index is 570. The molecule has 0 heterocycles. The lowest BCUT2D eigenvalue weighted by molar-refractivity contribution is -0.163. The van der Waals surface area contributed by atoms with E-state index in [-0.39, 0.29) is 38.4 Å². The molecule has 0 aromatic heterocycles. The van der Waals surface area contributed by atoms with Crippen molar-refractivity contribution >= 4 is 11.9 Å². The molecule has 0 aromatic rings. The summed E-state index contributed by atoms with van der Waals surface area (Å²) < 4.78 is 21.8. The number of rotatable bonds is 34. The van der Waals surface area contributed by atoms with E-state index < -0.39 is 6.10 Å². The van der Waals surface area contributed by atoms with Crippen LogP contribution in [0.2, 0.25) is 0 Å². The van der Waals surface area contributed by atoms with Gasteiger partial charge in [0.2, 0.25) is 0 Å². The zero-order chi connectivity index (χ0) is 30.8. The summed E-state index contributed by atoms with van der Waals surface area (Å²) in [6.07, 6.45) is 27.3. The van der Waals surface area contributed by atoms with Gasteiger partial charge in [0, 0.05) is 12.8 Å². The quantitative estimate of drug-likeness (QED) is 0.0582. The Kier molecular flexibility index (Phi) is 33.3. The second-order valence-electron chi connectivity index (χ2n) is 11.8. The first kappa shape index (κ1) is 40.8. The largest absolute Gasteiger partial charge is 0.462 e. The van der Waals surface area contributed by atoms with Crippen LogP contribution in [0, 0.1) is 0 Å². The Morgan fingerprint density at radius 2 is 0.905 bits per heavy atom. The van der Waals surface area contributed by atoms with Crippen LogP contribution in [0.15, 0.2) is 0 Å². The molecule has 0 aliphatic heterocycles. The minimum absolute atomic E-state index is 0.0123. The highest BCUT2D eigenvalue weighted by Crippen LogP contribution is 2.14. The van der Waals surface area contributed by atoms with E-state index in [0.29, 0.717) is 26.1 Å². The predicted octanol–water partition coefficient (Wildman–Crippen LogP) is 8.87. The van der Waals surface area contributed by atoms with Crippen molar-refractivity contribution in [3.8, 4) is 0 Å². The van der Waals surface area contributed by atoms with E-state index in [1.807, 2.05) is 0 Å². The van der Waals surface area contributed by atoms with E-state index in [1.54, 1.807) is 0 Å². The van der Waals surface area contributed by atoms with Crippen LogP contribution in [0.5, 0.6) is 0 Å². The second kappa shape index (κ2) is 34.3. The van der Waals surface area contributed by atoms with Gasteiger partial charge in [-0.2, -0.15) is 0 Å². The Morgan fingerprint density at radius 3 is 1.36 bits per heavy atom. The lowest BCUT2D eigenvalue weighted by Gasteiger charge is -2.18. The van der Waals surface area contributed by atoms with Gasteiger partial charge in [-0.15, -0.1) is 0 Å². The zero-order valence-electron chi connectivity index (χ0n) is 27.7. The van der Waals surface area contributed by atoms with Gasteiger partial charge in [0.05, 0.1) is 33.0 Å². The Morgan fingerprint density at radius 1 is 0.500 bits per heavy atom. The van der Waals surface area contributed by atoms with Crippen molar-refractivity contribution in [1.29, 1.82) is 0 Å². The second-order valence-corrected chi connectivity index (χ2v) is 11.8. The van der Waals surface area contributed by atoms with Gasteiger partial charge in [0.15, 0.2) is 6.10 Å². The highest BCUT2D eigenvalue weighted by Gasteiger charge is 2.17. The van der Waals surface area contributed by atoms with Crippen LogP contribution in [0.4, 0.5) is 0 Å². The molecule has 42 heavy (non-hydrogen) atoms. The maximum atomic E-state index is 12.4. The number of carbonyl (C=O) groups excluding carboxylic acids is 2. The Labute approximate surface area is 259 Å². The Balaban J connectivity index is 4.06. The molecule has 0 aliphatic rings. The maximum Gasteiger partial charge on any atom is 0.306 e. The number of unbranched alkanes of at least 4 members (excludes halogenated alkanes) is 20. The van der Waals surface area contributed by atoms with Crippen molar-refractivity contribution < 1.29 is 33.6 Å². The minimum atomic E-state index is -0.621. The van der Waals surface area contributed by atoms with Crippen molar-refractivity contribution in [3.63, 3.8) is 0 Å². The average molecular weight is 601 g/mol. The van der Waals surface area contributed by atoms with E-state index in [2.05, 4.69) is 13.8 Å². The van der Waals surface area contributed by atoms with E-state index in [9.17, 15) is 9.59 Å². The third kappa shape index (κ3) is 31.7. The topological polar surface area (TPSA) is 91.3 Å². The molecular formula is C35H68O7. The number of hydrogen-bond donors (Lipinski definition) is 1. The van der Waals surface area contributed by atoms with Crippen molar-refractivity contribution in [3.05, 3.63) is 0 Å². The SMILES string of the molecule is CCCCCCCCCCCCCC(=O)OCC(COCCOCCO)OC(=O)CCCCCCCCCCCCC. The molecule has 0 bridgehead atoms. The molecule has 7 nitrogen and oxygen atoms in total. The molecule has 0 aliphatic carbocycles. The molecular weight excluding hydrogens is 532 g/mol. The first-order valence-corrected chi connectivity index (χ1v) is 17.7. The van der Waals surface area contributed by atoms with Crippen molar-refractivity contribution in [2.75, 3.05) is 39.6 Å². The van der Waals surface area contributed by atoms with Crippen LogP contribution < -0.4 is 0 Å². The number of ether oxygens (including phenoxy) is 4. The highest BCUT2D eigenvalue weighted by atomic mass is 16.6. The van der Waals surface area contributed by atoms with Gasteiger partial charge in [0.25, 0.3) is 0 Å². The summed E-state index contributed by atoms with van der Waals surface area (Å²) >= 11 is 0. The normalized spacial score (nSPS) is 12.0. The van der Waals surface area contributed by atoms with Crippen molar-refractivity contribution in [1.82, 2.24) is 0 Å². The fourth-order valence-electron chi connectivity index (χ4n) is 4.99.